The van der Waals surface area contributed by atoms with Crippen molar-refractivity contribution >= 4 is 14.1 Å². The molecule has 1 unspecified atom stereocenters. The van der Waals surface area contributed by atoms with Gasteiger partial charge in [0.2, 0.25) is 0 Å². The van der Waals surface area contributed by atoms with E-state index in [0.29, 0.717) is 5.70 Å². The lowest BCUT2D eigenvalue weighted by Crippen LogP contribution is -2.07. The minimum Gasteiger partial charge on any atom is -0.403 e. The molecule has 0 bridgehead atoms. The van der Waals surface area contributed by atoms with Gasteiger partial charge in [0.25, 0.3) is 0 Å². The van der Waals surface area contributed by atoms with Crippen LogP contribution in [0.1, 0.15) is 6.92 Å². The molecule has 0 heterocycles. The van der Waals surface area contributed by atoms with Crippen LogP contribution in [0.3, 0.4) is 0 Å². The van der Waals surface area contributed by atoms with Crippen LogP contribution < -0.4 is 5.73 Å². The summed E-state index contributed by atoms with van der Waals surface area (Å²) in [5, 5.41) is 0. The molecule has 0 saturated carbocycles. The van der Waals surface area contributed by atoms with Gasteiger partial charge in [0.15, 0.2) is 0 Å². The normalized spacial score (nSPS) is 16.2. The largest absolute Gasteiger partial charge is 0.403 e. The average Bonchev–Trinajstić information content (AvgIpc) is 2.03. The predicted octanol–water partition coefficient (Wildman–Crippen LogP) is 0.724. The molecule has 2 nitrogen and oxygen atoms in total. The summed E-state index contributed by atoms with van der Waals surface area (Å²) in [5.74, 6) is 0. The number of nitrogens with zero attached hydrogens (tertiary/aromatic N) is 1. The number of hydrogen-bond donors (Lipinski definition) is 1. The maximum atomic E-state index is 12.2. The molecular formula is C7H11BF2N2. The van der Waals surface area contributed by atoms with Crippen molar-refractivity contribution in [1.82, 2.24) is 0 Å². The Hall–Kier alpha value is -0.865. The van der Waals surface area contributed by atoms with E-state index in [9.17, 15) is 8.78 Å². The Morgan fingerprint density at radius 2 is 2.33 bits per heavy atom. The zero-order valence-corrected chi connectivity index (χ0v) is 6.93. The molecule has 0 aliphatic heterocycles. The molecule has 0 amide bonds. The van der Waals surface area contributed by atoms with Crippen molar-refractivity contribution in [2.45, 2.75) is 13.1 Å². The first-order valence-electron chi connectivity index (χ1n) is 3.49. The van der Waals surface area contributed by atoms with Crippen molar-refractivity contribution in [2.75, 3.05) is 13.2 Å². The lowest BCUT2D eigenvalue weighted by atomic mass is 9.95. The Bertz CT molecular complexity index is 188. The third kappa shape index (κ3) is 4.88. The Labute approximate surface area is 72.0 Å². The highest BCUT2D eigenvalue weighted by Gasteiger charge is 2.01. The molecule has 0 aromatic rings. The maximum absolute atomic E-state index is 12.2. The van der Waals surface area contributed by atoms with E-state index in [4.69, 9.17) is 13.6 Å². The molecule has 0 aliphatic rings. The molecule has 0 aromatic carbocycles. The standard InChI is InChI=1S/C7H11BF2N2/c1-5(11)7(8)4-12-3-6(10)2-9/h4,6H,2-3,11H2,1H3. The van der Waals surface area contributed by atoms with E-state index in [1.54, 1.807) is 6.92 Å². The lowest BCUT2D eigenvalue weighted by molar-refractivity contribution is 0.268. The van der Waals surface area contributed by atoms with Crippen molar-refractivity contribution in [2.24, 2.45) is 10.7 Å². The van der Waals surface area contributed by atoms with Crippen LogP contribution in [-0.4, -0.2) is 33.5 Å². The molecule has 2 radical (unpaired) electrons. The van der Waals surface area contributed by atoms with Crippen molar-refractivity contribution in [3.8, 4) is 0 Å². The lowest BCUT2D eigenvalue weighted by Gasteiger charge is -1.98. The second-order valence-electron chi connectivity index (χ2n) is 2.38. The monoisotopic (exact) mass is 172 g/mol. The second-order valence-corrected chi connectivity index (χ2v) is 2.38. The smallest absolute Gasteiger partial charge is 0.148 e. The SMILES string of the molecule is [B]C(C=NCC(F)CF)=C(C)N. The fourth-order valence-electron chi connectivity index (χ4n) is 0.416. The third-order valence-electron chi connectivity index (χ3n) is 1.16. The van der Waals surface area contributed by atoms with E-state index in [0.717, 1.165) is 0 Å². The van der Waals surface area contributed by atoms with Gasteiger partial charge in [0.05, 0.1) is 6.54 Å². The summed E-state index contributed by atoms with van der Waals surface area (Å²) in [6.07, 6.45) is -0.315. The number of rotatable bonds is 4. The number of alkyl halides is 2. The van der Waals surface area contributed by atoms with Crippen LogP contribution >= 0.6 is 0 Å². The average molecular weight is 172 g/mol. The fourth-order valence-corrected chi connectivity index (χ4v) is 0.416. The highest BCUT2D eigenvalue weighted by molar-refractivity contribution is 6.33. The number of hydrogen-bond acceptors (Lipinski definition) is 2. The van der Waals surface area contributed by atoms with Crippen LogP contribution in [0.2, 0.25) is 0 Å². The van der Waals surface area contributed by atoms with E-state index in [1.165, 1.54) is 6.21 Å². The summed E-state index contributed by atoms with van der Waals surface area (Å²) in [6, 6.07) is 0. The van der Waals surface area contributed by atoms with Gasteiger partial charge in [0.1, 0.15) is 20.7 Å². The molecule has 66 valence electrons. The molecule has 0 saturated heterocycles. The Balaban J connectivity index is 3.85. The van der Waals surface area contributed by atoms with Crippen molar-refractivity contribution in [3.63, 3.8) is 0 Å². The number of nitrogens with two attached hydrogens (primary N) is 1. The Morgan fingerprint density at radius 3 is 2.75 bits per heavy atom. The summed E-state index contributed by atoms with van der Waals surface area (Å²) in [5.41, 5.74) is 5.97. The molecular weight excluding hydrogens is 161 g/mol. The quantitative estimate of drug-likeness (QED) is 0.492. The number of aliphatic imine (C=N–C) groups is 1. The van der Waals surface area contributed by atoms with Gasteiger partial charge in [-0.25, -0.2) is 8.78 Å². The van der Waals surface area contributed by atoms with E-state index in [1.807, 2.05) is 0 Å². The van der Waals surface area contributed by atoms with E-state index in [2.05, 4.69) is 4.99 Å². The van der Waals surface area contributed by atoms with Crippen molar-refractivity contribution < 1.29 is 8.78 Å². The van der Waals surface area contributed by atoms with Crippen molar-refractivity contribution in [1.29, 1.82) is 0 Å². The van der Waals surface area contributed by atoms with Crippen LogP contribution in [0.15, 0.2) is 16.2 Å². The molecule has 1 atom stereocenters. The predicted molar refractivity (Wildman–Crippen MR) is 46.9 cm³/mol. The van der Waals surface area contributed by atoms with E-state index >= 15 is 0 Å². The second kappa shape index (κ2) is 5.74. The summed E-state index contributed by atoms with van der Waals surface area (Å²) < 4.78 is 23.8. The fraction of sp³-hybridized carbons (Fsp3) is 0.571. The third-order valence-corrected chi connectivity index (χ3v) is 1.16. The maximum Gasteiger partial charge on any atom is 0.148 e. The summed E-state index contributed by atoms with van der Waals surface area (Å²) in [4.78, 5) is 3.56. The van der Waals surface area contributed by atoms with Gasteiger partial charge in [-0.1, -0.05) is 5.47 Å². The number of allylic oxidation sites excluding steroid dienone is 2. The molecule has 0 fully saturated rings. The number of halogens is 2. The van der Waals surface area contributed by atoms with Crippen LogP contribution in [0.5, 0.6) is 0 Å². The van der Waals surface area contributed by atoms with Crippen LogP contribution in [-0.2, 0) is 0 Å². The van der Waals surface area contributed by atoms with E-state index in [-0.39, 0.29) is 12.0 Å². The van der Waals surface area contributed by atoms with Gasteiger partial charge in [0, 0.05) is 6.21 Å². The Morgan fingerprint density at radius 1 is 1.75 bits per heavy atom. The van der Waals surface area contributed by atoms with E-state index < -0.39 is 12.8 Å². The molecule has 12 heavy (non-hydrogen) atoms. The molecule has 0 aromatic heterocycles. The van der Waals surface area contributed by atoms with Gasteiger partial charge < -0.3 is 5.73 Å². The van der Waals surface area contributed by atoms with Gasteiger partial charge in [-0.2, -0.15) is 0 Å². The summed E-state index contributed by atoms with van der Waals surface area (Å²) in [7, 11) is 5.33. The molecule has 0 spiro atoms. The highest BCUT2D eigenvalue weighted by atomic mass is 19.2. The molecule has 0 rings (SSSR count). The topological polar surface area (TPSA) is 38.4 Å². The summed E-state index contributed by atoms with van der Waals surface area (Å²) in [6.45, 7) is 0.358. The van der Waals surface area contributed by atoms with Crippen LogP contribution in [0, 0.1) is 0 Å². The first-order chi connectivity index (χ1) is 5.57. The zero-order valence-electron chi connectivity index (χ0n) is 6.93. The van der Waals surface area contributed by atoms with Gasteiger partial charge in [-0.15, -0.1) is 0 Å². The van der Waals surface area contributed by atoms with Crippen LogP contribution in [0.25, 0.3) is 0 Å². The molecule has 2 N–H and O–H groups in total. The van der Waals surface area contributed by atoms with Crippen LogP contribution in [0.4, 0.5) is 8.78 Å². The first-order valence-corrected chi connectivity index (χ1v) is 3.49. The molecule has 0 aliphatic carbocycles. The highest BCUT2D eigenvalue weighted by Crippen LogP contribution is 1.93. The summed E-state index contributed by atoms with van der Waals surface area (Å²) >= 11 is 0. The van der Waals surface area contributed by atoms with Gasteiger partial charge in [-0.05, 0) is 12.6 Å². The van der Waals surface area contributed by atoms with Crippen molar-refractivity contribution in [3.05, 3.63) is 11.2 Å². The first kappa shape index (κ1) is 11.1. The zero-order chi connectivity index (χ0) is 9.56. The minimum atomic E-state index is -1.55. The molecule has 5 heteroatoms. The van der Waals surface area contributed by atoms with Gasteiger partial charge >= 0.3 is 0 Å². The Kier molecular flexibility index (Phi) is 5.33. The minimum absolute atomic E-state index is 0.218. The van der Waals surface area contributed by atoms with Gasteiger partial charge in [-0.3, -0.25) is 4.99 Å².